The van der Waals surface area contributed by atoms with E-state index in [1.807, 2.05) is 24.3 Å². The van der Waals surface area contributed by atoms with Crippen LogP contribution in [-0.2, 0) is 12.8 Å². The number of likely N-dealkylation sites (N-methyl/N-ethyl adjacent to an activating group) is 2. The summed E-state index contributed by atoms with van der Waals surface area (Å²) in [5.74, 6) is 0. The van der Waals surface area contributed by atoms with E-state index in [9.17, 15) is 20.2 Å². The van der Waals surface area contributed by atoms with Crippen molar-refractivity contribution in [2.24, 2.45) is 0 Å². The smallest absolute Gasteiger partial charge is 0.269 e. The number of rotatable bonds is 14. The van der Waals surface area contributed by atoms with E-state index < -0.39 is 0 Å². The number of non-ortho nitro benzene ring substituents is 2. The topological polar surface area (TPSA) is 92.8 Å². The number of benzene rings is 2. The van der Waals surface area contributed by atoms with E-state index in [1.54, 1.807) is 24.3 Å². The van der Waals surface area contributed by atoms with Gasteiger partial charge in [0.15, 0.2) is 0 Å². The zero-order valence-electron chi connectivity index (χ0n) is 25.0. The van der Waals surface area contributed by atoms with Gasteiger partial charge in [-0.25, -0.2) is 0 Å². The molecule has 0 bridgehead atoms. The highest BCUT2D eigenvalue weighted by molar-refractivity contribution is 5.34. The molecule has 41 heavy (non-hydrogen) atoms. The van der Waals surface area contributed by atoms with Gasteiger partial charge < -0.3 is 9.80 Å². The van der Waals surface area contributed by atoms with Crippen molar-refractivity contribution in [1.29, 1.82) is 0 Å². The van der Waals surface area contributed by atoms with Crippen LogP contribution >= 0.6 is 0 Å². The van der Waals surface area contributed by atoms with E-state index in [-0.39, 0.29) is 21.2 Å². The average Bonchev–Trinajstić information content (AvgIpc) is 2.96. The molecule has 4 atom stereocenters. The molecule has 8 nitrogen and oxygen atoms in total. The highest BCUT2D eigenvalue weighted by Gasteiger charge is 2.28. The number of nitro groups is 2. The van der Waals surface area contributed by atoms with Crippen molar-refractivity contribution in [2.75, 3.05) is 14.1 Å². The second kappa shape index (κ2) is 15.4. The maximum atomic E-state index is 10.9. The molecule has 0 aliphatic carbocycles. The van der Waals surface area contributed by atoms with Gasteiger partial charge in [-0.1, -0.05) is 69.2 Å². The molecule has 2 fully saturated rings. The van der Waals surface area contributed by atoms with E-state index in [1.165, 1.54) is 94.6 Å². The van der Waals surface area contributed by atoms with Crippen molar-refractivity contribution in [3.05, 3.63) is 79.9 Å². The van der Waals surface area contributed by atoms with E-state index in [0.717, 1.165) is 12.8 Å². The number of nitro benzene ring substituents is 2. The third-order valence-electron chi connectivity index (χ3n) is 9.76. The first-order chi connectivity index (χ1) is 19.8. The Bertz CT molecular complexity index is 1020. The molecule has 4 rings (SSSR count). The summed E-state index contributed by atoms with van der Waals surface area (Å²) in [5.41, 5.74) is 2.71. The summed E-state index contributed by atoms with van der Waals surface area (Å²) in [6.45, 7) is 0. The number of hydrogen-bond acceptors (Lipinski definition) is 6. The Morgan fingerprint density at radius 3 is 1.29 bits per heavy atom. The lowest BCUT2D eigenvalue weighted by Gasteiger charge is -2.40. The Morgan fingerprint density at radius 1 is 0.585 bits per heavy atom. The van der Waals surface area contributed by atoms with Crippen LogP contribution in [0.5, 0.6) is 0 Å². The molecule has 2 aromatic carbocycles. The molecular formula is C33H48N4O4. The first kappa shape index (κ1) is 31.1. The molecule has 2 saturated heterocycles. The Balaban J connectivity index is 1.10. The van der Waals surface area contributed by atoms with E-state index in [2.05, 4.69) is 23.9 Å². The van der Waals surface area contributed by atoms with Gasteiger partial charge in [0.2, 0.25) is 0 Å². The minimum atomic E-state index is -0.330. The van der Waals surface area contributed by atoms with Crippen LogP contribution < -0.4 is 0 Å². The number of nitrogens with zero attached hydrogens (tertiary/aromatic N) is 4. The third kappa shape index (κ3) is 9.07. The highest BCUT2D eigenvalue weighted by Crippen LogP contribution is 2.29. The fourth-order valence-corrected chi connectivity index (χ4v) is 7.12. The van der Waals surface area contributed by atoms with Crippen LogP contribution in [-0.4, -0.2) is 57.9 Å². The van der Waals surface area contributed by atoms with Gasteiger partial charge in [-0.05, 0) is 76.6 Å². The summed E-state index contributed by atoms with van der Waals surface area (Å²) < 4.78 is 0. The minimum Gasteiger partial charge on any atom is -0.300 e. The van der Waals surface area contributed by atoms with Gasteiger partial charge in [0, 0.05) is 48.4 Å². The van der Waals surface area contributed by atoms with E-state index in [4.69, 9.17) is 0 Å². The molecule has 0 spiro atoms. The van der Waals surface area contributed by atoms with Gasteiger partial charge in [0.05, 0.1) is 9.85 Å². The number of hydrogen-bond donors (Lipinski definition) is 0. The molecule has 0 radical (unpaired) electrons. The van der Waals surface area contributed by atoms with Crippen molar-refractivity contribution in [1.82, 2.24) is 9.80 Å². The summed E-state index contributed by atoms with van der Waals surface area (Å²) in [6, 6.07) is 16.5. The molecule has 0 saturated carbocycles. The predicted molar refractivity (Wildman–Crippen MR) is 164 cm³/mol. The summed E-state index contributed by atoms with van der Waals surface area (Å²) in [6.07, 6.45) is 18.5. The van der Waals surface area contributed by atoms with Gasteiger partial charge in [0.1, 0.15) is 0 Å². The average molecular weight is 565 g/mol. The van der Waals surface area contributed by atoms with Crippen LogP contribution in [0, 0.1) is 20.2 Å². The number of unbranched alkanes of at least 4 members (excludes halogenated alkanes) is 4. The van der Waals surface area contributed by atoms with Gasteiger partial charge in [0.25, 0.3) is 11.4 Å². The lowest BCUT2D eigenvalue weighted by molar-refractivity contribution is -0.385. The highest BCUT2D eigenvalue weighted by atomic mass is 16.6. The second-order valence-corrected chi connectivity index (χ2v) is 12.4. The van der Waals surface area contributed by atoms with Crippen LogP contribution in [0.15, 0.2) is 48.5 Å². The number of likely N-dealkylation sites (tertiary alicyclic amines) is 2. The first-order valence-electron chi connectivity index (χ1n) is 15.7. The van der Waals surface area contributed by atoms with Crippen LogP contribution in [0.4, 0.5) is 11.4 Å². The van der Waals surface area contributed by atoms with Crippen LogP contribution in [0.1, 0.15) is 94.6 Å². The molecule has 2 aliphatic rings. The molecular weight excluding hydrogens is 516 g/mol. The Hall–Kier alpha value is -2.84. The largest absolute Gasteiger partial charge is 0.300 e. The summed E-state index contributed by atoms with van der Waals surface area (Å²) in [5, 5.41) is 21.9. The van der Waals surface area contributed by atoms with Crippen molar-refractivity contribution < 1.29 is 9.85 Å². The molecule has 224 valence electrons. The summed E-state index contributed by atoms with van der Waals surface area (Å²) >= 11 is 0. The molecule has 2 heterocycles. The fraction of sp³-hybridized carbons (Fsp3) is 0.636. The van der Waals surface area contributed by atoms with Gasteiger partial charge in [-0.2, -0.15) is 0 Å². The molecule has 8 heteroatoms. The normalized spacial score (nSPS) is 23.9. The standard InChI is InChI=1S/C33H48N4O4/c1-34-28(12-8-14-32(34)24-26-16-20-30(21-17-26)36(38)39)10-6-4-3-5-7-11-29-13-9-15-33(35(29)2)25-27-18-22-31(23-19-27)37(40)41/h16-23,28-29,32-33H,3-15,24-25H2,1-2H3. The summed E-state index contributed by atoms with van der Waals surface area (Å²) in [4.78, 5) is 26.4. The molecule has 0 N–H and O–H groups in total. The second-order valence-electron chi connectivity index (χ2n) is 12.4. The van der Waals surface area contributed by atoms with E-state index in [0.29, 0.717) is 24.2 Å². The number of piperidine rings is 2. The molecule has 0 amide bonds. The lowest BCUT2D eigenvalue weighted by Crippen LogP contribution is -2.45. The zero-order valence-corrected chi connectivity index (χ0v) is 25.0. The quantitative estimate of drug-likeness (QED) is 0.132. The van der Waals surface area contributed by atoms with Crippen LogP contribution in [0.25, 0.3) is 0 Å². The first-order valence-corrected chi connectivity index (χ1v) is 15.7. The van der Waals surface area contributed by atoms with Crippen LogP contribution in [0.3, 0.4) is 0 Å². The van der Waals surface area contributed by atoms with Crippen molar-refractivity contribution in [3.8, 4) is 0 Å². The third-order valence-corrected chi connectivity index (χ3v) is 9.76. The Kier molecular flexibility index (Phi) is 11.7. The molecule has 2 aromatic rings. The SMILES string of the molecule is CN1C(CCCCCCCC2CCCC(Cc3ccc([N+](=O)[O-])cc3)N2C)CCCC1Cc1ccc([N+](=O)[O-])cc1. The van der Waals surface area contributed by atoms with Crippen LogP contribution in [0.2, 0.25) is 0 Å². The summed E-state index contributed by atoms with van der Waals surface area (Å²) in [7, 11) is 4.55. The van der Waals surface area contributed by atoms with Gasteiger partial charge in [-0.15, -0.1) is 0 Å². The van der Waals surface area contributed by atoms with E-state index >= 15 is 0 Å². The molecule has 4 unspecified atom stereocenters. The molecule has 0 aromatic heterocycles. The lowest BCUT2D eigenvalue weighted by atomic mass is 9.89. The van der Waals surface area contributed by atoms with Gasteiger partial charge >= 0.3 is 0 Å². The predicted octanol–water partition coefficient (Wildman–Crippen LogP) is 7.72. The Morgan fingerprint density at radius 2 is 0.927 bits per heavy atom. The fourth-order valence-electron chi connectivity index (χ4n) is 7.12. The van der Waals surface area contributed by atoms with Crippen molar-refractivity contribution in [3.63, 3.8) is 0 Å². The Labute approximate surface area is 245 Å². The minimum absolute atomic E-state index is 0.165. The zero-order chi connectivity index (χ0) is 29.2. The maximum absolute atomic E-state index is 10.9. The maximum Gasteiger partial charge on any atom is 0.269 e. The monoisotopic (exact) mass is 564 g/mol. The van der Waals surface area contributed by atoms with Gasteiger partial charge in [-0.3, -0.25) is 20.2 Å². The molecule has 2 aliphatic heterocycles. The van der Waals surface area contributed by atoms with Crippen molar-refractivity contribution >= 4 is 11.4 Å². The van der Waals surface area contributed by atoms with Crippen molar-refractivity contribution in [2.45, 2.75) is 120 Å².